The molecule has 0 spiro atoms. The quantitative estimate of drug-likeness (QED) is 0.285. The third-order valence-electron chi connectivity index (χ3n) is 6.25. The fraction of sp³-hybridized carbons (Fsp3) is 0.333. The number of halogens is 4. The molecule has 1 aliphatic carbocycles. The highest BCUT2D eigenvalue weighted by atomic mass is 19.4. The van der Waals surface area contributed by atoms with Crippen molar-refractivity contribution < 1.29 is 42.0 Å². The summed E-state index contributed by atoms with van der Waals surface area (Å²) in [5.41, 5.74) is 1.60. The Labute approximate surface area is 221 Å². The molecule has 1 heterocycles. The summed E-state index contributed by atoms with van der Waals surface area (Å²) in [7, 11) is 1.37. The number of hydrogen-bond donors (Lipinski definition) is 4. The van der Waals surface area contributed by atoms with Gasteiger partial charge in [-0.25, -0.2) is 9.37 Å². The van der Waals surface area contributed by atoms with Crippen LogP contribution in [0.15, 0.2) is 54.6 Å². The second-order valence-corrected chi connectivity index (χ2v) is 9.19. The molecule has 0 saturated heterocycles. The number of benzene rings is 2. The molecule has 1 fully saturated rings. The molecule has 1 amide bonds. The van der Waals surface area contributed by atoms with Gasteiger partial charge in [-0.1, -0.05) is 0 Å². The van der Waals surface area contributed by atoms with E-state index in [9.17, 15) is 32.6 Å². The predicted molar refractivity (Wildman–Crippen MR) is 133 cm³/mol. The number of amides is 1. The Kier molecular flexibility index (Phi) is 8.09. The van der Waals surface area contributed by atoms with E-state index in [-0.39, 0.29) is 34.2 Å². The molecule has 39 heavy (non-hydrogen) atoms. The van der Waals surface area contributed by atoms with Crippen molar-refractivity contribution in [3.63, 3.8) is 0 Å². The summed E-state index contributed by atoms with van der Waals surface area (Å²) >= 11 is 0. The Morgan fingerprint density at radius 1 is 1.13 bits per heavy atom. The van der Waals surface area contributed by atoms with Gasteiger partial charge in [0, 0.05) is 11.1 Å². The van der Waals surface area contributed by atoms with Crippen molar-refractivity contribution in [2.24, 2.45) is 5.73 Å². The fourth-order valence-electron chi connectivity index (χ4n) is 3.77. The van der Waals surface area contributed by atoms with Crippen LogP contribution in [0.3, 0.4) is 0 Å². The topological polar surface area (TPSA) is 127 Å². The Bertz CT molecular complexity index is 1330. The lowest BCUT2D eigenvalue weighted by Crippen LogP contribution is -2.51. The highest BCUT2D eigenvalue weighted by Gasteiger charge is 2.56. The van der Waals surface area contributed by atoms with Crippen molar-refractivity contribution in [1.82, 2.24) is 10.3 Å². The van der Waals surface area contributed by atoms with E-state index < -0.39 is 48.4 Å². The van der Waals surface area contributed by atoms with Crippen molar-refractivity contribution in [1.29, 1.82) is 0 Å². The molecule has 1 aromatic heterocycles. The molecular formula is C27H27F4N3O5. The van der Waals surface area contributed by atoms with Crippen molar-refractivity contribution in [3.05, 3.63) is 77.2 Å². The molecule has 208 valence electrons. The average Bonchev–Trinajstić information content (AvgIpc) is 3.74. The standard InChI is InChI=1S/C27H27F4N3O5/c1-38-23-11-16(4-9-22(23)39-19-7-8-19)25(36)33-14-26(37,27(29,30)31)24-12-17(20(32)13-35)10-21(34-24)15-2-5-18(28)6-3-15/h2-6,9-12,19-20,35,37H,7-8,13-14,32H2,1H3,(H,33,36). The monoisotopic (exact) mass is 549 g/mol. The summed E-state index contributed by atoms with van der Waals surface area (Å²) in [6.45, 7) is -1.89. The summed E-state index contributed by atoms with van der Waals surface area (Å²) in [5.74, 6) is -0.841. The van der Waals surface area contributed by atoms with E-state index in [1.165, 1.54) is 43.5 Å². The van der Waals surface area contributed by atoms with Crippen LogP contribution in [0.25, 0.3) is 11.3 Å². The van der Waals surface area contributed by atoms with Gasteiger partial charge in [0.2, 0.25) is 5.60 Å². The molecule has 2 atom stereocenters. The minimum atomic E-state index is -5.28. The number of aromatic nitrogens is 1. The molecular weight excluding hydrogens is 522 g/mol. The molecule has 3 aromatic rings. The molecule has 4 rings (SSSR count). The number of hydrogen-bond acceptors (Lipinski definition) is 7. The number of pyridine rings is 1. The molecule has 1 saturated carbocycles. The van der Waals surface area contributed by atoms with Crippen LogP contribution in [0.1, 0.15) is 40.5 Å². The molecule has 5 N–H and O–H groups in total. The van der Waals surface area contributed by atoms with Gasteiger partial charge in [0.15, 0.2) is 11.5 Å². The first-order valence-electron chi connectivity index (χ1n) is 12.0. The van der Waals surface area contributed by atoms with Crippen molar-refractivity contribution in [2.75, 3.05) is 20.3 Å². The van der Waals surface area contributed by atoms with Gasteiger partial charge in [0.1, 0.15) is 5.82 Å². The molecule has 0 radical (unpaired) electrons. The zero-order valence-corrected chi connectivity index (χ0v) is 20.8. The maximum Gasteiger partial charge on any atom is 0.424 e. The van der Waals surface area contributed by atoms with Gasteiger partial charge in [0.25, 0.3) is 5.91 Å². The van der Waals surface area contributed by atoms with Gasteiger partial charge in [0.05, 0.1) is 43.8 Å². The van der Waals surface area contributed by atoms with E-state index in [1.807, 2.05) is 0 Å². The number of carbonyl (C=O) groups is 1. The number of ether oxygens (including phenoxy) is 2. The van der Waals surface area contributed by atoms with Crippen molar-refractivity contribution >= 4 is 5.91 Å². The number of aliphatic hydroxyl groups excluding tert-OH is 1. The predicted octanol–water partition coefficient (Wildman–Crippen LogP) is 3.61. The van der Waals surface area contributed by atoms with Crippen LogP contribution in [-0.4, -0.2) is 53.6 Å². The molecule has 2 aromatic carbocycles. The van der Waals surface area contributed by atoms with Crippen LogP contribution < -0.4 is 20.5 Å². The lowest BCUT2D eigenvalue weighted by molar-refractivity contribution is -0.265. The SMILES string of the molecule is COc1cc(C(=O)NCC(O)(c2cc(C(N)CO)cc(-c3ccc(F)cc3)n2)C(F)(F)F)ccc1OC1CC1. The minimum absolute atomic E-state index is 0.0180. The first-order chi connectivity index (χ1) is 18.4. The van der Waals surface area contributed by atoms with Crippen LogP contribution in [0.2, 0.25) is 0 Å². The van der Waals surface area contributed by atoms with Gasteiger partial charge < -0.3 is 30.7 Å². The van der Waals surface area contributed by atoms with Crippen molar-refractivity contribution in [2.45, 2.75) is 36.8 Å². The molecule has 0 bridgehead atoms. The maximum absolute atomic E-state index is 14.3. The highest BCUT2D eigenvalue weighted by molar-refractivity contribution is 5.95. The first kappa shape index (κ1) is 28.3. The van der Waals surface area contributed by atoms with Gasteiger partial charge in [-0.05, 0) is 73.0 Å². The zero-order chi connectivity index (χ0) is 28.4. The lowest BCUT2D eigenvalue weighted by atomic mass is 9.93. The van der Waals surface area contributed by atoms with Crippen LogP contribution in [0, 0.1) is 5.82 Å². The summed E-state index contributed by atoms with van der Waals surface area (Å²) in [6.07, 6.45) is -3.44. The van der Waals surface area contributed by atoms with Crippen molar-refractivity contribution in [3.8, 4) is 22.8 Å². The van der Waals surface area contributed by atoms with Crippen LogP contribution in [-0.2, 0) is 5.60 Å². The lowest BCUT2D eigenvalue weighted by Gasteiger charge is -2.31. The number of nitrogens with two attached hydrogens (primary N) is 1. The highest BCUT2D eigenvalue weighted by Crippen LogP contribution is 2.40. The van der Waals surface area contributed by atoms with Gasteiger partial charge in [-0.2, -0.15) is 13.2 Å². The van der Waals surface area contributed by atoms with E-state index in [0.717, 1.165) is 31.0 Å². The van der Waals surface area contributed by atoms with Crippen LogP contribution in [0.4, 0.5) is 17.6 Å². The maximum atomic E-state index is 14.3. The summed E-state index contributed by atoms with van der Waals surface area (Å²) < 4.78 is 67.4. The van der Waals surface area contributed by atoms with Crippen LogP contribution >= 0.6 is 0 Å². The summed E-state index contributed by atoms with van der Waals surface area (Å²) in [4.78, 5) is 16.8. The number of alkyl halides is 3. The molecule has 2 unspecified atom stereocenters. The Hall–Kier alpha value is -3.74. The zero-order valence-electron chi connectivity index (χ0n) is 20.8. The summed E-state index contributed by atoms with van der Waals surface area (Å²) in [6, 6.07) is 10.1. The smallest absolute Gasteiger partial charge is 0.424 e. The Morgan fingerprint density at radius 3 is 2.41 bits per heavy atom. The molecule has 12 heteroatoms. The Morgan fingerprint density at radius 2 is 1.82 bits per heavy atom. The number of rotatable bonds is 10. The van der Waals surface area contributed by atoms with Gasteiger partial charge >= 0.3 is 6.18 Å². The fourth-order valence-corrected chi connectivity index (χ4v) is 3.77. The number of aliphatic hydroxyl groups is 2. The van der Waals surface area contributed by atoms with Crippen LogP contribution in [0.5, 0.6) is 11.5 Å². The normalized spacial score (nSPS) is 15.8. The molecule has 1 aliphatic rings. The van der Waals surface area contributed by atoms with E-state index in [1.54, 1.807) is 0 Å². The van der Waals surface area contributed by atoms with Gasteiger partial charge in [-0.15, -0.1) is 0 Å². The average molecular weight is 550 g/mol. The largest absolute Gasteiger partial charge is 0.493 e. The number of nitrogens with one attached hydrogen (secondary N) is 1. The van der Waals surface area contributed by atoms with E-state index in [4.69, 9.17) is 15.2 Å². The van der Waals surface area contributed by atoms with Gasteiger partial charge in [-0.3, -0.25) is 4.79 Å². The van der Waals surface area contributed by atoms with E-state index in [0.29, 0.717) is 5.75 Å². The number of carbonyl (C=O) groups excluding carboxylic acids is 1. The molecule has 0 aliphatic heterocycles. The minimum Gasteiger partial charge on any atom is -0.493 e. The van der Waals surface area contributed by atoms with E-state index >= 15 is 0 Å². The Balaban J connectivity index is 1.66. The molecule has 8 nitrogen and oxygen atoms in total. The first-order valence-corrected chi connectivity index (χ1v) is 12.0. The summed E-state index contributed by atoms with van der Waals surface area (Å²) in [5, 5.41) is 22.6. The second-order valence-electron chi connectivity index (χ2n) is 9.19. The third-order valence-corrected chi connectivity index (χ3v) is 6.25. The second kappa shape index (κ2) is 11.2. The third kappa shape index (κ3) is 6.29. The number of nitrogens with zero attached hydrogens (tertiary/aromatic N) is 1. The van der Waals surface area contributed by atoms with E-state index in [2.05, 4.69) is 10.3 Å². The number of methoxy groups -OCH3 is 1.